The molecule has 0 amide bonds. The summed E-state index contributed by atoms with van der Waals surface area (Å²) in [4.78, 5) is 8.28. The molecule has 0 aliphatic carbocycles. The van der Waals surface area contributed by atoms with Gasteiger partial charge in [-0.05, 0) is 35.4 Å². The summed E-state index contributed by atoms with van der Waals surface area (Å²) in [5.74, 6) is 0. The first-order valence-electron chi connectivity index (χ1n) is 6.24. The molecule has 19 heavy (non-hydrogen) atoms. The van der Waals surface area contributed by atoms with Gasteiger partial charge in [-0.2, -0.15) is 0 Å². The number of benzene rings is 1. The smallest absolute Gasteiger partial charge is 0.0831 e. The minimum absolute atomic E-state index is 0.520. The molecule has 0 fully saturated rings. The lowest BCUT2D eigenvalue weighted by atomic mass is 10.0. The third-order valence-electron chi connectivity index (χ3n) is 3.19. The van der Waals surface area contributed by atoms with E-state index in [-0.39, 0.29) is 0 Å². The van der Waals surface area contributed by atoms with Crippen molar-refractivity contribution in [1.29, 1.82) is 0 Å². The Kier molecular flexibility index (Phi) is 3.21. The molecular weight excluding hydrogens is 236 g/mol. The highest BCUT2D eigenvalue weighted by atomic mass is 16.3. The molecule has 2 heterocycles. The van der Waals surface area contributed by atoms with Gasteiger partial charge >= 0.3 is 0 Å². The molecule has 3 nitrogen and oxygen atoms in total. The van der Waals surface area contributed by atoms with Gasteiger partial charge in [0.2, 0.25) is 0 Å². The van der Waals surface area contributed by atoms with Crippen LogP contribution in [0.4, 0.5) is 0 Å². The Balaban J connectivity index is 1.87. The zero-order chi connectivity index (χ0) is 13.1. The molecule has 0 aliphatic rings. The number of hydrogen-bond acceptors (Lipinski definition) is 3. The highest BCUT2D eigenvalue weighted by Crippen LogP contribution is 2.21. The van der Waals surface area contributed by atoms with E-state index in [2.05, 4.69) is 9.97 Å². The van der Waals surface area contributed by atoms with E-state index >= 15 is 0 Å². The Labute approximate surface area is 111 Å². The van der Waals surface area contributed by atoms with Crippen LogP contribution in [-0.4, -0.2) is 15.1 Å². The number of aliphatic hydroxyl groups is 1. The quantitative estimate of drug-likeness (QED) is 0.777. The molecule has 3 rings (SSSR count). The Morgan fingerprint density at radius 2 is 1.84 bits per heavy atom. The molecule has 0 spiro atoms. The molecule has 0 radical (unpaired) electrons. The fourth-order valence-electron chi connectivity index (χ4n) is 2.15. The van der Waals surface area contributed by atoms with Crippen molar-refractivity contribution < 1.29 is 5.11 Å². The molecule has 1 aromatic carbocycles. The first kappa shape index (κ1) is 11.8. The third-order valence-corrected chi connectivity index (χ3v) is 3.19. The second-order valence-corrected chi connectivity index (χ2v) is 4.53. The molecule has 2 aromatic heterocycles. The summed E-state index contributed by atoms with van der Waals surface area (Å²) >= 11 is 0. The van der Waals surface area contributed by atoms with E-state index in [1.807, 2.05) is 42.5 Å². The SMILES string of the molecule is OC(Cc1ccncc1)c1ccc2cccnc2c1. The predicted octanol–water partition coefficient (Wildman–Crippen LogP) is 2.91. The first-order chi connectivity index (χ1) is 9.33. The summed E-state index contributed by atoms with van der Waals surface area (Å²) in [6, 6.07) is 13.7. The maximum absolute atomic E-state index is 10.3. The van der Waals surface area contributed by atoms with Crippen molar-refractivity contribution in [3.8, 4) is 0 Å². The van der Waals surface area contributed by atoms with Crippen molar-refractivity contribution in [3.63, 3.8) is 0 Å². The van der Waals surface area contributed by atoms with Crippen LogP contribution in [0.15, 0.2) is 61.1 Å². The second-order valence-electron chi connectivity index (χ2n) is 4.53. The van der Waals surface area contributed by atoms with Crippen LogP contribution < -0.4 is 0 Å². The van der Waals surface area contributed by atoms with E-state index in [4.69, 9.17) is 0 Å². The van der Waals surface area contributed by atoms with Crippen LogP contribution >= 0.6 is 0 Å². The van der Waals surface area contributed by atoms with Gasteiger partial charge in [-0.3, -0.25) is 9.97 Å². The summed E-state index contributed by atoms with van der Waals surface area (Å²) in [5.41, 5.74) is 2.88. The van der Waals surface area contributed by atoms with Crippen LogP contribution in [0.25, 0.3) is 10.9 Å². The average Bonchev–Trinajstić information content (AvgIpc) is 2.48. The number of pyridine rings is 2. The van der Waals surface area contributed by atoms with Gasteiger partial charge in [-0.25, -0.2) is 0 Å². The van der Waals surface area contributed by atoms with Crippen molar-refractivity contribution in [2.45, 2.75) is 12.5 Å². The number of hydrogen-bond donors (Lipinski definition) is 1. The second kappa shape index (κ2) is 5.16. The monoisotopic (exact) mass is 250 g/mol. The van der Waals surface area contributed by atoms with E-state index in [1.54, 1.807) is 18.6 Å². The van der Waals surface area contributed by atoms with Crippen molar-refractivity contribution >= 4 is 10.9 Å². The van der Waals surface area contributed by atoms with E-state index in [1.165, 1.54) is 0 Å². The fraction of sp³-hybridized carbons (Fsp3) is 0.125. The number of fused-ring (bicyclic) bond motifs is 1. The normalized spacial score (nSPS) is 12.5. The number of aromatic nitrogens is 2. The summed E-state index contributed by atoms with van der Waals surface area (Å²) < 4.78 is 0. The zero-order valence-electron chi connectivity index (χ0n) is 10.4. The van der Waals surface area contributed by atoms with Gasteiger partial charge in [0.25, 0.3) is 0 Å². The maximum Gasteiger partial charge on any atom is 0.0831 e. The van der Waals surface area contributed by atoms with Crippen LogP contribution in [0.2, 0.25) is 0 Å². The Bertz CT molecular complexity index is 682. The topological polar surface area (TPSA) is 46.0 Å². The molecule has 3 aromatic rings. The molecule has 0 saturated carbocycles. The van der Waals surface area contributed by atoms with Gasteiger partial charge in [0, 0.05) is 30.4 Å². The highest BCUT2D eigenvalue weighted by molar-refractivity contribution is 5.78. The molecule has 3 heteroatoms. The number of aliphatic hydroxyl groups excluding tert-OH is 1. The highest BCUT2D eigenvalue weighted by Gasteiger charge is 2.09. The summed E-state index contributed by atoms with van der Waals surface area (Å²) in [6.07, 6.45) is 5.31. The molecule has 0 bridgehead atoms. The molecule has 0 aliphatic heterocycles. The Morgan fingerprint density at radius 1 is 1.00 bits per heavy atom. The van der Waals surface area contributed by atoms with E-state index in [0.717, 1.165) is 22.0 Å². The van der Waals surface area contributed by atoms with Crippen LogP contribution in [0.1, 0.15) is 17.2 Å². The lowest BCUT2D eigenvalue weighted by molar-refractivity contribution is 0.178. The lowest BCUT2D eigenvalue weighted by Crippen LogP contribution is -2.02. The lowest BCUT2D eigenvalue weighted by Gasteiger charge is -2.11. The average molecular weight is 250 g/mol. The number of nitrogens with zero attached hydrogens (tertiary/aromatic N) is 2. The first-order valence-corrected chi connectivity index (χ1v) is 6.24. The molecule has 1 atom stereocenters. The maximum atomic E-state index is 10.3. The van der Waals surface area contributed by atoms with E-state index in [0.29, 0.717) is 6.42 Å². The van der Waals surface area contributed by atoms with Gasteiger partial charge in [0.05, 0.1) is 11.6 Å². The van der Waals surface area contributed by atoms with Gasteiger partial charge in [0.1, 0.15) is 0 Å². The van der Waals surface area contributed by atoms with Gasteiger partial charge < -0.3 is 5.11 Å². The standard InChI is InChI=1S/C16H14N2O/c19-16(10-12-5-8-17-9-6-12)14-4-3-13-2-1-7-18-15(13)11-14/h1-9,11,16,19H,10H2. The van der Waals surface area contributed by atoms with Gasteiger partial charge in [-0.15, -0.1) is 0 Å². The van der Waals surface area contributed by atoms with Crippen LogP contribution in [0, 0.1) is 0 Å². The van der Waals surface area contributed by atoms with Crippen LogP contribution in [0.5, 0.6) is 0 Å². The Morgan fingerprint density at radius 3 is 2.68 bits per heavy atom. The van der Waals surface area contributed by atoms with Crippen LogP contribution in [0.3, 0.4) is 0 Å². The largest absolute Gasteiger partial charge is 0.388 e. The minimum atomic E-state index is -0.520. The van der Waals surface area contributed by atoms with Crippen molar-refractivity contribution in [1.82, 2.24) is 9.97 Å². The molecule has 94 valence electrons. The summed E-state index contributed by atoms with van der Waals surface area (Å²) in [6.45, 7) is 0. The molecular formula is C16H14N2O. The number of rotatable bonds is 3. The van der Waals surface area contributed by atoms with Gasteiger partial charge in [0.15, 0.2) is 0 Å². The molecule has 1 N–H and O–H groups in total. The zero-order valence-corrected chi connectivity index (χ0v) is 10.4. The molecule has 0 saturated heterocycles. The van der Waals surface area contributed by atoms with Crippen LogP contribution in [-0.2, 0) is 6.42 Å². The summed E-state index contributed by atoms with van der Waals surface area (Å²) in [5, 5.41) is 11.4. The summed E-state index contributed by atoms with van der Waals surface area (Å²) in [7, 11) is 0. The Hall–Kier alpha value is -2.26. The van der Waals surface area contributed by atoms with Gasteiger partial charge in [-0.1, -0.05) is 18.2 Å². The van der Waals surface area contributed by atoms with Crippen molar-refractivity contribution in [2.24, 2.45) is 0 Å². The van der Waals surface area contributed by atoms with E-state index < -0.39 is 6.10 Å². The van der Waals surface area contributed by atoms with Crippen molar-refractivity contribution in [2.75, 3.05) is 0 Å². The molecule has 1 unspecified atom stereocenters. The van der Waals surface area contributed by atoms with E-state index in [9.17, 15) is 5.11 Å². The van der Waals surface area contributed by atoms with Crippen molar-refractivity contribution in [3.05, 3.63) is 72.2 Å². The fourth-order valence-corrected chi connectivity index (χ4v) is 2.15. The third kappa shape index (κ3) is 2.61. The minimum Gasteiger partial charge on any atom is -0.388 e. The predicted molar refractivity (Wildman–Crippen MR) is 74.6 cm³/mol.